The van der Waals surface area contributed by atoms with Crippen LogP contribution in [0.1, 0.15) is 44.9 Å². The van der Waals surface area contributed by atoms with Gasteiger partial charge in [0.05, 0.1) is 49.3 Å². The molecule has 13 heteroatoms. The van der Waals surface area contributed by atoms with E-state index in [0.717, 1.165) is 50.4 Å². The molecule has 0 unspecified atom stereocenters. The van der Waals surface area contributed by atoms with Gasteiger partial charge in [-0.25, -0.2) is 4.98 Å². The second-order valence-corrected chi connectivity index (χ2v) is 10.3. The van der Waals surface area contributed by atoms with E-state index in [1.165, 1.54) is 4.90 Å². The first kappa shape index (κ1) is 28.5. The molecule has 1 fully saturated rings. The van der Waals surface area contributed by atoms with Gasteiger partial charge >= 0.3 is 0 Å². The van der Waals surface area contributed by atoms with Gasteiger partial charge in [-0.15, -0.1) is 0 Å². The summed E-state index contributed by atoms with van der Waals surface area (Å²) in [4.78, 5) is 46.3. The lowest BCUT2D eigenvalue weighted by Gasteiger charge is -2.26. The molecule has 5 heterocycles. The van der Waals surface area contributed by atoms with Crippen LogP contribution in [0.3, 0.4) is 0 Å². The fourth-order valence-corrected chi connectivity index (χ4v) is 5.36. The molecule has 0 aromatic carbocycles. The van der Waals surface area contributed by atoms with Crippen LogP contribution in [0.4, 0.5) is 11.8 Å². The Hall–Kier alpha value is -4.00. The SMILES string of the molecule is COc1c(C)cnc(CN2C(=O)/C(=C\c3cc(C(=O)NCCCN4CCOCC4)c[nH]3)c3c(Cl)nc(N)nc32)c1C. The molecule has 0 saturated carbocycles. The van der Waals surface area contributed by atoms with Gasteiger partial charge < -0.3 is 25.5 Å². The van der Waals surface area contributed by atoms with Gasteiger partial charge in [0.1, 0.15) is 10.9 Å². The van der Waals surface area contributed by atoms with Crippen LogP contribution in [0.25, 0.3) is 11.6 Å². The van der Waals surface area contributed by atoms with Crippen molar-refractivity contribution >= 4 is 46.8 Å². The van der Waals surface area contributed by atoms with E-state index >= 15 is 0 Å². The topological polar surface area (TPSA) is 152 Å². The number of rotatable bonds is 9. The van der Waals surface area contributed by atoms with Crippen LogP contribution in [0, 0.1) is 13.8 Å². The highest BCUT2D eigenvalue weighted by Crippen LogP contribution is 2.41. The average molecular weight is 581 g/mol. The Balaban J connectivity index is 1.34. The number of nitrogens with two attached hydrogens (primary N) is 1. The van der Waals surface area contributed by atoms with Crippen molar-refractivity contribution in [3.8, 4) is 5.75 Å². The number of anilines is 2. The number of nitrogens with one attached hydrogen (secondary N) is 2. The highest BCUT2D eigenvalue weighted by molar-refractivity contribution is 6.41. The zero-order valence-corrected chi connectivity index (χ0v) is 24.0. The lowest BCUT2D eigenvalue weighted by molar-refractivity contribution is -0.113. The van der Waals surface area contributed by atoms with Crippen molar-refractivity contribution in [3.05, 3.63) is 57.3 Å². The summed E-state index contributed by atoms with van der Waals surface area (Å²) in [5.41, 5.74) is 9.91. The molecule has 2 aliphatic heterocycles. The van der Waals surface area contributed by atoms with Gasteiger partial charge in [0.25, 0.3) is 11.8 Å². The number of carbonyl (C=O) groups is 2. The maximum Gasteiger partial charge on any atom is 0.260 e. The molecular formula is C28H33ClN8O4. The Morgan fingerprint density at radius 2 is 2.07 bits per heavy atom. The number of amides is 2. The Morgan fingerprint density at radius 3 is 2.83 bits per heavy atom. The highest BCUT2D eigenvalue weighted by atomic mass is 35.5. The Labute approximate surface area is 242 Å². The molecule has 41 heavy (non-hydrogen) atoms. The van der Waals surface area contributed by atoms with E-state index < -0.39 is 0 Å². The zero-order valence-electron chi connectivity index (χ0n) is 23.3. The molecule has 2 aliphatic rings. The third-order valence-corrected chi connectivity index (χ3v) is 7.50. The molecule has 1 saturated heterocycles. The van der Waals surface area contributed by atoms with Crippen LogP contribution >= 0.6 is 11.6 Å². The number of aromatic amines is 1. The first-order valence-corrected chi connectivity index (χ1v) is 13.8. The largest absolute Gasteiger partial charge is 0.496 e. The van der Waals surface area contributed by atoms with E-state index in [9.17, 15) is 9.59 Å². The lowest BCUT2D eigenvalue weighted by atomic mass is 10.1. The summed E-state index contributed by atoms with van der Waals surface area (Å²) in [6.45, 7) is 8.72. The number of H-pyrrole nitrogens is 1. The summed E-state index contributed by atoms with van der Waals surface area (Å²) >= 11 is 6.48. The second kappa shape index (κ2) is 12.2. The number of hydrogen-bond acceptors (Lipinski definition) is 9. The number of hydrogen-bond donors (Lipinski definition) is 3. The minimum Gasteiger partial charge on any atom is -0.496 e. The zero-order chi connectivity index (χ0) is 29.1. The van der Waals surface area contributed by atoms with Gasteiger partial charge in [-0.1, -0.05) is 11.6 Å². The maximum absolute atomic E-state index is 13.7. The number of carbonyl (C=O) groups excluding carboxylic acids is 2. The van der Waals surface area contributed by atoms with Gasteiger partial charge in [-0.05, 0) is 39.0 Å². The predicted octanol–water partition coefficient (Wildman–Crippen LogP) is 2.60. The number of nitrogens with zero attached hydrogens (tertiary/aromatic N) is 5. The molecule has 0 bridgehead atoms. The van der Waals surface area contributed by atoms with Crippen molar-refractivity contribution in [1.29, 1.82) is 0 Å². The standard InChI is InChI=1S/C28H33ClN8O4/c1-16-13-33-21(17(2)23(16)40-3)15-37-25-22(24(29)34-28(30)35-25)20(27(37)39)12-19-11-18(14-32-19)26(38)31-5-4-6-36-7-9-41-10-8-36/h11-14,32H,4-10,15H2,1-3H3,(H,31,38)(H2,30,34,35)/b20-12-. The van der Waals surface area contributed by atoms with E-state index in [4.69, 9.17) is 26.8 Å². The molecule has 12 nitrogen and oxygen atoms in total. The molecule has 3 aromatic rings. The molecule has 3 aromatic heterocycles. The van der Waals surface area contributed by atoms with Crippen molar-refractivity contribution < 1.29 is 19.1 Å². The van der Waals surface area contributed by atoms with E-state index in [2.05, 4.69) is 30.2 Å². The third-order valence-electron chi connectivity index (χ3n) is 7.23. The van der Waals surface area contributed by atoms with Crippen molar-refractivity contribution in [2.45, 2.75) is 26.8 Å². The third kappa shape index (κ3) is 6.04. The van der Waals surface area contributed by atoms with E-state index in [1.807, 2.05) is 13.8 Å². The van der Waals surface area contributed by atoms with Crippen LogP contribution in [-0.2, 0) is 16.1 Å². The van der Waals surface area contributed by atoms with Crippen LogP contribution in [-0.4, -0.2) is 83.2 Å². The number of aromatic nitrogens is 4. The summed E-state index contributed by atoms with van der Waals surface area (Å²) in [6.07, 6.45) is 5.79. The highest BCUT2D eigenvalue weighted by Gasteiger charge is 2.37. The van der Waals surface area contributed by atoms with Gasteiger partial charge in [0.15, 0.2) is 5.82 Å². The van der Waals surface area contributed by atoms with Gasteiger partial charge in [-0.3, -0.25) is 24.4 Å². The van der Waals surface area contributed by atoms with Gasteiger partial charge in [0.2, 0.25) is 5.95 Å². The first-order valence-electron chi connectivity index (χ1n) is 13.4. The second-order valence-electron chi connectivity index (χ2n) is 9.97. The molecule has 0 atom stereocenters. The molecule has 0 spiro atoms. The maximum atomic E-state index is 13.7. The van der Waals surface area contributed by atoms with Crippen molar-refractivity contribution in [2.24, 2.45) is 0 Å². The van der Waals surface area contributed by atoms with Crippen molar-refractivity contribution in [2.75, 3.05) is 57.1 Å². The molecule has 216 valence electrons. The smallest absolute Gasteiger partial charge is 0.260 e. The Bertz CT molecular complexity index is 1500. The number of ether oxygens (including phenoxy) is 2. The van der Waals surface area contributed by atoms with Crippen LogP contribution < -0.4 is 20.7 Å². The van der Waals surface area contributed by atoms with Gasteiger partial charge in [-0.2, -0.15) is 4.98 Å². The number of halogens is 1. The summed E-state index contributed by atoms with van der Waals surface area (Å²) in [7, 11) is 1.60. The number of nitrogen functional groups attached to an aromatic ring is 1. The summed E-state index contributed by atoms with van der Waals surface area (Å²) < 4.78 is 10.9. The van der Waals surface area contributed by atoms with Crippen LogP contribution in [0.2, 0.25) is 5.15 Å². The number of pyridine rings is 1. The fraction of sp³-hybridized carbons (Fsp3) is 0.393. The molecule has 5 rings (SSSR count). The molecular weight excluding hydrogens is 548 g/mol. The van der Waals surface area contributed by atoms with E-state index in [1.54, 1.807) is 31.6 Å². The number of aryl methyl sites for hydroxylation is 1. The van der Waals surface area contributed by atoms with E-state index in [-0.39, 0.29) is 35.0 Å². The molecule has 2 amide bonds. The quantitative estimate of drug-likeness (QED) is 0.197. The summed E-state index contributed by atoms with van der Waals surface area (Å²) in [6, 6.07) is 1.68. The Kier molecular flexibility index (Phi) is 8.52. The minimum absolute atomic E-state index is 0.0496. The predicted molar refractivity (Wildman–Crippen MR) is 156 cm³/mol. The number of fused-ring (bicyclic) bond motifs is 1. The lowest BCUT2D eigenvalue weighted by Crippen LogP contribution is -2.38. The molecule has 4 N–H and O–H groups in total. The van der Waals surface area contributed by atoms with Crippen LogP contribution in [0.15, 0.2) is 18.5 Å². The molecule has 0 radical (unpaired) electrons. The van der Waals surface area contributed by atoms with Crippen LogP contribution in [0.5, 0.6) is 5.75 Å². The Morgan fingerprint density at radius 1 is 1.29 bits per heavy atom. The molecule has 0 aliphatic carbocycles. The summed E-state index contributed by atoms with van der Waals surface area (Å²) in [5, 5.41) is 3.01. The first-order chi connectivity index (χ1) is 19.8. The van der Waals surface area contributed by atoms with Crippen molar-refractivity contribution in [1.82, 2.24) is 30.2 Å². The van der Waals surface area contributed by atoms with Crippen molar-refractivity contribution in [3.63, 3.8) is 0 Å². The summed E-state index contributed by atoms with van der Waals surface area (Å²) in [5.74, 6) is 0.412. The fourth-order valence-electron chi connectivity index (χ4n) is 5.09. The van der Waals surface area contributed by atoms with Gasteiger partial charge in [0, 0.05) is 48.8 Å². The number of morpholine rings is 1. The van der Waals surface area contributed by atoms with E-state index in [0.29, 0.717) is 40.6 Å². The normalized spacial score (nSPS) is 16.3. The minimum atomic E-state index is -0.341. The average Bonchev–Trinajstić information content (AvgIpc) is 3.52. The number of methoxy groups -OCH3 is 1. The monoisotopic (exact) mass is 580 g/mol.